The molecule has 1 rings (SSSR count). The molecule has 1 heterocycles. The van der Waals surface area contributed by atoms with Gasteiger partial charge in [0.2, 0.25) is 0 Å². The molecule has 0 saturated carbocycles. The molecular weight excluding hydrogens is 158 g/mol. The highest BCUT2D eigenvalue weighted by atomic mass is 32.1. The van der Waals surface area contributed by atoms with E-state index in [9.17, 15) is 0 Å². The third-order valence-corrected chi connectivity index (χ3v) is 1.57. The van der Waals surface area contributed by atoms with Gasteiger partial charge in [-0.15, -0.1) is 11.3 Å². The molecular formula is C8H15NOS. The second-order valence-electron chi connectivity index (χ2n) is 1.62. The van der Waals surface area contributed by atoms with E-state index in [0.29, 0.717) is 6.61 Å². The van der Waals surface area contributed by atoms with Crippen molar-refractivity contribution >= 4 is 11.3 Å². The first kappa shape index (κ1) is 10.6. The van der Waals surface area contributed by atoms with Crippen LogP contribution in [0.2, 0.25) is 0 Å². The Morgan fingerprint density at radius 2 is 2.27 bits per heavy atom. The smallest absolute Gasteiger partial charge is 0.0896 e. The van der Waals surface area contributed by atoms with Crippen LogP contribution < -0.4 is 0 Å². The van der Waals surface area contributed by atoms with Gasteiger partial charge in [0.1, 0.15) is 0 Å². The molecule has 11 heavy (non-hydrogen) atoms. The van der Waals surface area contributed by atoms with Crippen LogP contribution in [0.4, 0.5) is 0 Å². The summed E-state index contributed by atoms with van der Waals surface area (Å²) in [6, 6.07) is 0. The second kappa shape index (κ2) is 7.69. The maximum atomic E-state index is 5.12. The Hall–Kier alpha value is -0.410. The van der Waals surface area contributed by atoms with Gasteiger partial charge in [-0.2, -0.15) is 0 Å². The van der Waals surface area contributed by atoms with Gasteiger partial charge in [-0.05, 0) is 6.92 Å². The van der Waals surface area contributed by atoms with E-state index < -0.39 is 0 Å². The van der Waals surface area contributed by atoms with Crippen molar-refractivity contribution in [3.63, 3.8) is 0 Å². The van der Waals surface area contributed by atoms with E-state index in [0.717, 1.165) is 12.3 Å². The fourth-order valence-electron chi connectivity index (χ4n) is 0.515. The van der Waals surface area contributed by atoms with Crippen LogP contribution in [-0.4, -0.2) is 11.6 Å². The van der Waals surface area contributed by atoms with Crippen LogP contribution in [-0.2, 0) is 11.3 Å². The Morgan fingerprint density at radius 1 is 1.55 bits per heavy atom. The van der Waals surface area contributed by atoms with Gasteiger partial charge in [-0.25, -0.2) is 4.98 Å². The Balaban J connectivity index is 0.000000461. The molecule has 0 amide bonds. The summed E-state index contributed by atoms with van der Waals surface area (Å²) in [5, 5.41) is 2.00. The van der Waals surface area contributed by atoms with E-state index in [4.69, 9.17) is 4.74 Å². The van der Waals surface area contributed by atoms with Crippen molar-refractivity contribution in [2.75, 3.05) is 6.61 Å². The van der Waals surface area contributed by atoms with Gasteiger partial charge in [0, 0.05) is 12.0 Å². The quantitative estimate of drug-likeness (QED) is 0.701. The molecule has 0 saturated heterocycles. The van der Waals surface area contributed by atoms with Gasteiger partial charge < -0.3 is 4.74 Å². The molecule has 0 radical (unpaired) electrons. The lowest BCUT2D eigenvalue weighted by Crippen LogP contribution is -1.90. The topological polar surface area (TPSA) is 22.1 Å². The number of aromatic nitrogens is 1. The van der Waals surface area contributed by atoms with Crippen molar-refractivity contribution in [2.45, 2.75) is 27.4 Å². The number of thiazole rings is 1. The first-order chi connectivity index (χ1) is 5.43. The first-order valence-corrected chi connectivity index (χ1v) is 4.82. The average Bonchev–Trinajstić information content (AvgIpc) is 2.57. The Bertz CT molecular complexity index is 151. The summed E-state index contributed by atoms with van der Waals surface area (Å²) >= 11 is 1.60. The molecule has 0 N–H and O–H groups in total. The van der Waals surface area contributed by atoms with Crippen LogP contribution in [0.1, 0.15) is 26.5 Å². The molecule has 0 fully saturated rings. The van der Waals surface area contributed by atoms with Gasteiger partial charge in [0.05, 0.1) is 17.8 Å². The number of ether oxygens (including phenoxy) is 1. The number of hydrogen-bond acceptors (Lipinski definition) is 3. The van der Waals surface area contributed by atoms with Gasteiger partial charge in [0.25, 0.3) is 0 Å². The van der Waals surface area contributed by atoms with Crippen LogP contribution in [0.5, 0.6) is 0 Å². The zero-order valence-corrected chi connectivity index (χ0v) is 8.15. The van der Waals surface area contributed by atoms with E-state index in [1.54, 1.807) is 11.3 Å². The molecule has 0 aliphatic carbocycles. The fourth-order valence-corrected chi connectivity index (χ4v) is 1.06. The van der Waals surface area contributed by atoms with Gasteiger partial charge in [0.15, 0.2) is 0 Å². The monoisotopic (exact) mass is 173 g/mol. The molecule has 0 unspecified atom stereocenters. The summed E-state index contributed by atoms with van der Waals surface area (Å²) in [6.45, 7) is 7.39. The van der Waals surface area contributed by atoms with Crippen LogP contribution >= 0.6 is 11.3 Å². The summed E-state index contributed by atoms with van der Waals surface area (Å²) in [7, 11) is 0. The molecule has 0 spiro atoms. The minimum Gasteiger partial charge on any atom is -0.375 e. The third kappa shape index (κ3) is 4.93. The predicted molar refractivity (Wildman–Crippen MR) is 48.8 cm³/mol. The molecule has 0 atom stereocenters. The highest BCUT2D eigenvalue weighted by molar-refractivity contribution is 7.07. The molecule has 0 aliphatic heterocycles. The molecule has 3 heteroatoms. The molecule has 1 aromatic heterocycles. The minimum absolute atomic E-state index is 0.653. The normalized spacial score (nSPS) is 8.64. The summed E-state index contributed by atoms with van der Waals surface area (Å²) in [5.74, 6) is 0. The van der Waals surface area contributed by atoms with Crippen molar-refractivity contribution in [1.82, 2.24) is 4.98 Å². The average molecular weight is 173 g/mol. The third-order valence-electron chi connectivity index (χ3n) is 0.938. The number of nitrogens with zero attached hydrogens (tertiary/aromatic N) is 1. The molecule has 1 aromatic rings. The van der Waals surface area contributed by atoms with Crippen LogP contribution in [0.25, 0.3) is 0 Å². The van der Waals surface area contributed by atoms with Crippen molar-refractivity contribution in [2.24, 2.45) is 0 Å². The summed E-state index contributed by atoms with van der Waals surface area (Å²) in [4.78, 5) is 4.05. The van der Waals surface area contributed by atoms with E-state index >= 15 is 0 Å². The predicted octanol–water partition coefficient (Wildman–Crippen LogP) is 2.71. The van der Waals surface area contributed by atoms with Crippen LogP contribution in [0.3, 0.4) is 0 Å². The fraction of sp³-hybridized carbons (Fsp3) is 0.625. The number of hydrogen-bond donors (Lipinski definition) is 0. The maximum absolute atomic E-state index is 5.12. The lowest BCUT2D eigenvalue weighted by atomic mass is 10.5. The van der Waals surface area contributed by atoms with Crippen molar-refractivity contribution in [3.05, 3.63) is 16.6 Å². The van der Waals surface area contributed by atoms with E-state index in [-0.39, 0.29) is 0 Å². The Morgan fingerprint density at radius 3 is 2.73 bits per heavy atom. The van der Waals surface area contributed by atoms with Gasteiger partial charge in [-0.1, -0.05) is 13.8 Å². The maximum Gasteiger partial charge on any atom is 0.0896 e. The summed E-state index contributed by atoms with van der Waals surface area (Å²) < 4.78 is 5.12. The molecule has 64 valence electrons. The lowest BCUT2D eigenvalue weighted by molar-refractivity contribution is 0.131. The van der Waals surface area contributed by atoms with Gasteiger partial charge in [-0.3, -0.25) is 0 Å². The van der Waals surface area contributed by atoms with E-state index in [2.05, 4.69) is 4.98 Å². The second-order valence-corrected chi connectivity index (χ2v) is 2.34. The largest absolute Gasteiger partial charge is 0.375 e. The minimum atomic E-state index is 0.653. The lowest BCUT2D eigenvalue weighted by Gasteiger charge is -1.93. The SMILES string of the molecule is CC.CCOCc1cscn1. The molecule has 0 aromatic carbocycles. The zero-order valence-electron chi connectivity index (χ0n) is 7.33. The molecule has 2 nitrogen and oxygen atoms in total. The highest BCUT2D eigenvalue weighted by Gasteiger charge is 1.90. The standard InChI is InChI=1S/C6H9NOS.C2H6/c1-2-8-3-6-4-9-5-7-6;1-2/h4-5H,2-3H2,1H3;1-2H3. The number of rotatable bonds is 3. The Labute approximate surface area is 72.2 Å². The first-order valence-electron chi connectivity index (χ1n) is 3.88. The molecule has 0 aliphatic rings. The zero-order chi connectivity index (χ0) is 8.53. The molecule has 0 bridgehead atoms. The highest BCUT2D eigenvalue weighted by Crippen LogP contribution is 2.01. The van der Waals surface area contributed by atoms with Crippen molar-refractivity contribution < 1.29 is 4.74 Å². The summed E-state index contributed by atoms with van der Waals surface area (Å²) in [6.07, 6.45) is 0. The van der Waals surface area contributed by atoms with Crippen molar-refractivity contribution in [3.8, 4) is 0 Å². The van der Waals surface area contributed by atoms with Gasteiger partial charge >= 0.3 is 0 Å². The Kier molecular flexibility index (Phi) is 7.41. The van der Waals surface area contributed by atoms with Crippen LogP contribution in [0, 0.1) is 0 Å². The van der Waals surface area contributed by atoms with E-state index in [1.807, 2.05) is 31.7 Å². The summed E-state index contributed by atoms with van der Waals surface area (Å²) in [5.41, 5.74) is 2.84. The van der Waals surface area contributed by atoms with E-state index in [1.165, 1.54) is 0 Å². The van der Waals surface area contributed by atoms with Crippen molar-refractivity contribution in [1.29, 1.82) is 0 Å². The van der Waals surface area contributed by atoms with Crippen LogP contribution in [0.15, 0.2) is 10.9 Å².